The topological polar surface area (TPSA) is 45.5 Å². The van der Waals surface area contributed by atoms with Gasteiger partial charge in [0.05, 0.1) is 12.1 Å². The van der Waals surface area contributed by atoms with Crippen LogP contribution in [0.15, 0.2) is 42.5 Å². The molecular weight excluding hydrogens is 324 g/mol. The number of halogens is 1. The number of Topliss-reactive ketones (excluding diaryl/α,β-unsaturated/α-hetero) is 1. The Morgan fingerprint density at radius 1 is 1.21 bits per heavy atom. The summed E-state index contributed by atoms with van der Waals surface area (Å²) < 4.78 is 2.00. The van der Waals surface area contributed by atoms with E-state index >= 15 is 0 Å². The molecule has 1 heterocycles. The number of benzene rings is 2. The minimum atomic E-state index is 0.0221. The molecule has 1 aromatic heterocycles. The van der Waals surface area contributed by atoms with Crippen LogP contribution in [-0.2, 0) is 0 Å². The van der Waals surface area contributed by atoms with Crippen molar-refractivity contribution in [1.29, 1.82) is 0 Å². The van der Waals surface area contributed by atoms with Gasteiger partial charge < -0.3 is 14.6 Å². The van der Waals surface area contributed by atoms with Crippen LogP contribution in [0.4, 0.5) is 0 Å². The summed E-state index contributed by atoms with van der Waals surface area (Å²) in [5.41, 5.74) is 3.23. The van der Waals surface area contributed by atoms with Crippen LogP contribution in [0.2, 0.25) is 5.02 Å². The number of hydrogen-bond acceptors (Lipinski definition) is 3. The Balaban J connectivity index is 2.31. The van der Waals surface area contributed by atoms with Crippen molar-refractivity contribution < 1.29 is 9.90 Å². The first-order valence-electron chi connectivity index (χ1n) is 7.66. The fourth-order valence-electron chi connectivity index (χ4n) is 3.07. The third kappa shape index (κ3) is 2.90. The van der Waals surface area contributed by atoms with E-state index in [0.717, 1.165) is 22.3 Å². The van der Waals surface area contributed by atoms with Crippen molar-refractivity contribution in [3.63, 3.8) is 0 Å². The van der Waals surface area contributed by atoms with Crippen molar-refractivity contribution in [1.82, 2.24) is 9.47 Å². The molecule has 3 rings (SSSR count). The van der Waals surface area contributed by atoms with E-state index < -0.39 is 0 Å². The first kappa shape index (κ1) is 16.6. The molecule has 3 aromatic rings. The van der Waals surface area contributed by atoms with Gasteiger partial charge in [0.25, 0.3) is 0 Å². The number of phenolic OH excluding ortho intramolecular Hbond substituents is 1. The number of phenols is 1. The summed E-state index contributed by atoms with van der Waals surface area (Å²) in [6, 6.07) is 12.6. The second-order valence-corrected chi connectivity index (χ2v) is 6.57. The lowest BCUT2D eigenvalue weighted by Crippen LogP contribution is -2.22. The molecule has 0 aliphatic rings. The van der Waals surface area contributed by atoms with Crippen LogP contribution in [0, 0.1) is 6.92 Å². The first-order chi connectivity index (χ1) is 11.4. The molecule has 1 N–H and O–H groups in total. The Morgan fingerprint density at radius 2 is 1.96 bits per heavy atom. The van der Waals surface area contributed by atoms with Crippen LogP contribution in [0.3, 0.4) is 0 Å². The molecule has 5 heteroatoms. The zero-order valence-electron chi connectivity index (χ0n) is 13.9. The van der Waals surface area contributed by atoms with Crippen LogP contribution < -0.4 is 0 Å². The zero-order chi connectivity index (χ0) is 17.4. The Labute approximate surface area is 145 Å². The summed E-state index contributed by atoms with van der Waals surface area (Å²) in [7, 11) is 3.72. The van der Waals surface area contributed by atoms with Gasteiger partial charge in [-0.2, -0.15) is 0 Å². The molecular formula is C19H19ClN2O2. The number of ketones is 1. The number of nitrogens with zero attached hydrogens (tertiary/aromatic N) is 2. The monoisotopic (exact) mass is 342 g/mol. The van der Waals surface area contributed by atoms with Crippen molar-refractivity contribution in [2.45, 2.75) is 6.92 Å². The van der Waals surface area contributed by atoms with Crippen LogP contribution in [0.5, 0.6) is 5.75 Å². The smallest absolute Gasteiger partial charge is 0.179 e. The van der Waals surface area contributed by atoms with E-state index in [4.69, 9.17) is 11.6 Å². The van der Waals surface area contributed by atoms with Gasteiger partial charge in [0.15, 0.2) is 5.78 Å². The Hall–Kier alpha value is -2.30. The molecule has 0 aliphatic carbocycles. The molecule has 0 fully saturated rings. The van der Waals surface area contributed by atoms with Crippen LogP contribution in [0.1, 0.15) is 16.1 Å². The molecule has 24 heavy (non-hydrogen) atoms. The molecule has 0 unspecified atom stereocenters. The van der Waals surface area contributed by atoms with Crippen LogP contribution in [-0.4, -0.2) is 41.0 Å². The van der Waals surface area contributed by atoms with Crippen molar-refractivity contribution in [3.8, 4) is 11.4 Å². The number of aromatic hydroxyl groups is 1. The third-order valence-corrected chi connectivity index (χ3v) is 4.23. The molecule has 4 nitrogen and oxygen atoms in total. The number of likely N-dealkylation sites (N-methyl/N-ethyl adjacent to an activating group) is 1. The van der Waals surface area contributed by atoms with Crippen LogP contribution >= 0.6 is 11.6 Å². The standard InChI is InChI=1S/C19H19ClN2O2/c1-12-19(18(24)11-21(2)3)16-10-15(23)7-8-17(16)22(12)14-6-4-5-13(20)9-14/h4-10,23H,11H2,1-3H3. The number of hydrogen-bond donors (Lipinski definition) is 1. The highest BCUT2D eigenvalue weighted by Crippen LogP contribution is 2.32. The van der Waals surface area contributed by atoms with E-state index in [9.17, 15) is 9.90 Å². The van der Waals surface area contributed by atoms with Crippen molar-refractivity contribution in [2.75, 3.05) is 20.6 Å². The lowest BCUT2D eigenvalue weighted by Gasteiger charge is -2.10. The lowest BCUT2D eigenvalue weighted by molar-refractivity contribution is 0.0959. The van der Waals surface area contributed by atoms with Crippen molar-refractivity contribution in [2.24, 2.45) is 0 Å². The van der Waals surface area contributed by atoms with E-state index in [0.29, 0.717) is 17.1 Å². The lowest BCUT2D eigenvalue weighted by atomic mass is 10.1. The maximum atomic E-state index is 12.8. The largest absolute Gasteiger partial charge is 0.508 e. The van der Waals surface area contributed by atoms with Gasteiger partial charge >= 0.3 is 0 Å². The normalized spacial score (nSPS) is 11.4. The molecule has 0 saturated heterocycles. The Kier molecular flexibility index (Phi) is 4.35. The van der Waals surface area contributed by atoms with E-state index in [-0.39, 0.29) is 11.5 Å². The minimum absolute atomic E-state index is 0.0221. The van der Waals surface area contributed by atoms with Gasteiger partial charge in [-0.1, -0.05) is 17.7 Å². The second kappa shape index (κ2) is 6.30. The quantitative estimate of drug-likeness (QED) is 0.728. The number of fused-ring (bicyclic) bond motifs is 1. The molecule has 0 atom stereocenters. The summed E-state index contributed by atoms with van der Waals surface area (Å²) in [6.07, 6.45) is 0. The highest BCUT2D eigenvalue weighted by atomic mass is 35.5. The van der Waals surface area contributed by atoms with E-state index in [1.54, 1.807) is 12.1 Å². The van der Waals surface area contributed by atoms with Crippen LogP contribution in [0.25, 0.3) is 16.6 Å². The maximum Gasteiger partial charge on any atom is 0.179 e. The maximum absolute atomic E-state index is 12.8. The molecule has 0 spiro atoms. The summed E-state index contributed by atoms with van der Waals surface area (Å²) >= 11 is 6.13. The Morgan fingerprint density at radius 3 is 2.62 bits per heavy atom. The molecule has 124 valence electrons. The van der Waals surface area contributed by atoms with Gasteiger partial charge in [0, 0.05) is 27.4 Å². The highest BCUT2D eigenvalue weighted by molar-refractivity contribution is 6.30. The third-order valence-electron chi connectivity index (χ3n) is 3.99. The van der Waals surface area contributed by atoms with Gasteiger partial charge in [0.2, 0.25) is 0 Å². The number of carbonyl (C=O) groups excluding carboxylic acids is 1. The molecule has 0 saturated carbocycles. The number of rotatable bonds is 4. The average molecular weight is 343 g/mol. The van der Waals surface area contributed by atoms with Gasteiger partial charge in [-0.25, -0.2) is 0 Å². The molecule has 0 aliphatic heterocycles. The summed E-state index contributed by atoms with van der Waals surface area (Å²) in [5.74, 6) is 0.165. The van der Waals surface area contributed by atoms with E-state index in [2.05, 4.69) is 0 Å². The first-order valence-corrected chi connectivity index (χ1v) is 8.04. The van der Waals surface area contributed by atoms with Gasteiger partial charge in [-0.05, 0) is 57.4 Å². The van der Waals surface area contributed by atoms with Crippen molar-refractivity contribution in [3.05, 3.63) is 58.7 Å². The predicted octanol–water partition coefficient (Wildman–Crippen LogP) is 4.04. The predicted molar refractivity (Wildman–Crippen MR) is 97.6 cm³/mol. The number of aromatic nitrogens is 1. The van der Waals surface area contributed by atoms with Gasteiger partial charge in [-0.15, -0.1) is 0 Å². The van der Waals surface area contributed by atoms with E-state index in [1.807, 2.05) is 60.8 Å². The molecule has 2 aromatic carbocycles. The zero-order valence-corrected chi connectivity index (χ0v) is 14.6. The summed E-state index contributed by atoms with van der Waals surface area (Å²) in [5, 5.41) is 11.3. The summed E-state index contributed by atoms with van der Waals surface area (Å²) in [4.78, 5) is 14.6. The molecule has 0 bridgehead atoms. The second-order valence-electron chi connectivity index (χ2n) is 6.14. The fraction of sp³-hybridized carbons (Fsp3) is 0.211. The SMILES string of the molecule is Cc1c(C(=O)CN(C)C)c2cc(O)ccc2n1-c1cccc(Cl)c1. The average Bonchev–Trinajstić information content (AvgIpc) is 2.77. The summed E-state index contributed by atoms with van der Waals surface area (Å²) in [6.45, 7) is 2.23. The van der Waals surface area contributed by atoms with E-state index in [1.165, 1.54) is 0 Å². The molecule has 0 radical (unpaired) electrons. The minimum Gasteiger partial charge on any atom is -0.508 e. The Bertz CT molecular complexity index is 929. The van der Waals surface area contributed by atoms with Crippen molar-refractivity contribution >= 4 is 28.3 Å². The highest BCUT2D eigenvalue weighted by Gasteiger charge is 2.21. The molecule has 0 amide bonds. The van der Waals surface area contributed by atoms with Gasteiger partial charge in [0.1, 0.15) is 5.75 Å². The number of carbonyl (C=O) groups is 1. The van der Waals surface area contributed by atoms with Gasteiger partial charge in [-0.3, -0.25) is 4.79 Å². The fourth-order valence-corrected chi connectivity index (χ4v) is 3.26.